The zero-order valence-corrected chi connectivity index (χ0v) is 11.8. The molecular weight excluding hydrogens is 274 g/mol. The van der Waals surface area contributed by atoms with Crippen LogP contribution in [0.1, 0.15) is 13.8 Å². The van der Waals surface area contributed by atoms with E-state index in [1.165, 1.54) is 0 Å². The molecule has 0 N–H and O–H groups in total. The van der Waals surface area contributed by atoms with Crippen LogP contribution in [0.4, 0.5) is 17.1 Å². The summed E-state index contributed by atoms with van der Waals surface area (Å²) in [5.41, 5.74) is -0.0384. The molecule has 0 unspecified atom stereocenters. The first-order valence-electron chi connectivity index (χ1n) is 6.60. The van der Waals surface area contributed by atoms with Crippen LogP contribution < -0.4 is 4.90 Å². The first-order valence-corrected chi connectivity index (χ1v) is 6.60. The molecule has 0 saturated heterocycles. The van der Waals surface area contributed by atoms with Gasteiger partial charge in [-0.15, -0.1) is 0 Å². The second-order valence-corrected chi connectivity index (χ2v) is 4.50. The Labute approximate surface area is 121 Å². The number of benzene rings is 2. The maximum absolute atomic E-state index is 11.3. The van der Waals surface area contributed by atoms with Gasteiger partial charge in [-0.25, -0.2) is 0 Å². The largest absolute Gasteiger partial charge is 0.366 e. The fourth-order valence-electron chi connectivity index (χ4n) is 2.49. The number of rotatable bonds is 5. The number of hydrogen-bond acceptors (Lipinski definition) is 5. The van der Waals surface area contributed by atoms with Gasteiger partial charge in [0.1, 0.15) is 5.69 Å². The van der Waals surface area contributed by atoms with Gasteiger partial charge in [0.05, 0.1) is 21.3 Å². The highest BCUT2D eigenvalue weighted by Crippen LogP contribution is 2.41. The summed E-state index contributed by atoms with van der Waals surface area (Å²) in [5.74, 6) is 0. The lowest BCUT2D eigenvalue weighted by Gasteiger charge is -2.22. The molecule has 0 fully saturated rings. The van der Waals surface area contributed by atoms with E-state index in [1.807, 2.05) is 18.7 Å². The molecule has 0 heterocycles. The van der Waals surface area contributed by atoms with Gasteiger partial charge in [-0.1, -0.05) is 18.2 Å². The number of fused-ring (bicyclic) bond motifs is 1. The van der Waals surface area contributed by atoms with Gasteiger partial charge in [-0.05, 0) is 19.9 Å². The normalized spacial score (nSPS) is 10.6. The third-order valence-electron chi connectivity index (χ3n) is 3.45. The summed E-state index contributed by atoms with van der Waals surface area (Å²) in [6.07, 6.45) is 0. The van der Waals surface area contributed by atoms with Crippen LogP contribution in [0, 0.1) is 20.2 Å². The summed E-state index contributed by atoms with van der Waals surface area (Å²) in [5, 5.41) is 23.5. The van der Waals surface area contributed by atoms with Crippen molar-refractivity contribution in [2.24, 2.45) is 0 Å². The van der Waals surface area contributed by atoms with Gasteiger partial charge in [-0.3, -0.25) is 20.2 Å². The van der Waals surface area contributed by atoms with Gasteiger partial charge in [0.15, 0.2) is 0 Å². The molecular formula is C14H15N3O4. The monoisotopic (exact) mass is 289 g/mol. The molecule has 7 nitrogen and oxygen atoms in total. The molecule has 0 spiro atoms. The Bertz CT molecular complexity index is 711. The van der Waals surface area contributed by atoms with Crippen molar-refractivity contribution in [2.45, 2.75) is 13.8 Å². The summed E-state index contributed by atoms with van der Waals surface area (Å²) in [6, 6.07) is 7.76. The Hall–Kier alpha value is -2.70. The fraction of sp³-hybridized carbons (Fsp3) is 0.286. The van der Waals surface area contributed by atoms with Crippen LogP contribution >= 0.6 is 0 Å². The third-order valence-corrected chi connectivity index (χ3v) is 3.45. The molecule has 7 heteroatoms. The number of nitrogens with zero attached hydrogens (tertiary/aromatic N) is 3. The minimum absolute atomic E-state index is 0.232. The number of anilines is 1. The number of non-ortho nitro benzene ring substituents is 1. The Kier molecular flexibility index (Phi) is 4.02. The van der Waals surface area contributed by atoms with E-state index in [0.717, 1.165) is 6.07 Å². The highest BCUT2D eigenvalue weighted by Gasteiger charge is 2.27. The van der Waals surface area contributed by atoms with E-state index in [2.05, 4.69) is 0 Å². The number of nitro benzene ring substituents is 2. The molecule has 0 aromatic heterocycles. The topological polar surface area (TPSA) is 89.5 Å². The molecule has 0 bridgehead atoms. The van der Waals surface area contributed by atoms with Gasteiger partial charge >= 0.3 is 0 Å². The molecule has 0 atom stereocenters. The van der Waals surface area contributed by atoms with Crippen LogP contribution in [0.3, 0.4) is 0 Å². The molecule has 2 aromatic rings. The second-order valence-electron chi connectivity index (χ2n) is 4.50. The van der Waals surface area contributed by atoms with Crippen LogP contribution in [0.5, 0.6) is 0 Å². The van der Waals surface area contributed by atoms with Crippen molar-refractivity contribution in [3.05, 3.63) is 50.6 Å². The van der Waals surface area contributed by atoms with Gasteiger partial charge in [0.2, 0.25) is 0 Å². The molecule has 2 rings (SSSR count). The van der Waals surface area contributed by atoms with Crippen molar-refractivity contribution in [2.75, 3.05) is 18.0 Å². The Morgan fingerprint density at radius 3 is 1.95 bits per heavy atom. The van der Waals surface area contributed by atoms with Crippen molar-refractivity contribution in [3.63, 3.8) is 0 Å². The highest BCUT2D eigenvalue weighted by atomic mass is 16.6. The fourth-order valence-corrected chi connectivity index (χ4v) is 2.49. The van der Waals surface area contributed by atoms with Gasteiger partial charge in [0.25, 0.3) is 11.4 Å². The van der Waals surface area contributed by atoms with E-state index < -0.39 is 9.85 Å². The molecule has 0 aliphatic rings. The van der Waals surface area contributed by atoms with Crippen LogP contribution in [0.2, 0.25) is 0 Å². The average Bonchev–Trinajstić information content (AvgIpc) is 2.47. The van der Waals surface area contributed by atoms with Crippen molar-refractivity contribution in [1.82, 2.24) is 0 Å². The average molecular weight is 289 g/mol. The predicted octanol–water partition coefficient (Wildman–Crippen LogP) is 3.50. The summed E-state index contributed by atoms with van der Waals surface area (Å²) in [7, 11) is 0. The van der Waals surface area contributed by atoms with Crippen molar-refractivity contribution in [1.29, 1.82) is 0 Å². The lowest BCUT2D eigenvalue weighted by atomic mass is 10.0. The van der Waals surface area contributed by atoms with E-state index in [4.69, 9.17) is 0 Å². The molecule has 0 radical (unpaired) electrons. The van der Waals surface area contributed by atoms with Crippen molar-refractivity contribution >= 4 is 27.8 Å². The molecule has 110 valence electrons. The molecule has 0 aliphatic carbocycles. The number of hydrogen-bond donors (Lipinski definition) is 0. The Morgan fingerprint density at radius 1 is 0.952 bits per heavy atom. The standard InChI is InChI=1S/C14H15N3O4/c1-3-15(4-2)14-11-8-6-5-7-10(11)12(16(18)19)9-13(14)17(20)21/h5-9H,3-4H2,1-2H3. The highest BCUT2D eigenvalue weighted by molar-refractivity contribution is 6.04. The van der Waals surface area contributed by atoms with Crippen LogP contribution in [0.15, 0.2) is 30.3 Å². The maximum Gasteiger partial charge on any atom is 0.300 e. The molecule has 0 aliphatic heterocycles. The summed E-state index contributed by atoms with van der Waals surface area (Å²) < 4.78 is 0. The SMILES string of the molecule is CCN(CC)c1c([N+](=O)[O-])cc([N+](=O)[O-])c2ccccc12. The Balaban J connectivity index is 2.93. The zero-order chi connectivity index (χ0) is 15.6. The van der Waals surface area contributed by atoms with Crippen LogP contribution in [0.25, 0.3) is 10.8 Å². The zero-order valence-electron chi connectivity index (χ0n) is 11.8. The first-order chi connectivity index (χ1) is 10.0. The van der Waals surface area contributed by atoms with E-state index in [-0.39, 0.29) is 11.4 Å². The van der Waals surface area contributed by atoms with Crippen LogP contribution in [-0.2, 0) is 0 Å². The second kappa shape index (κ2) is 5.74. The Morgan fingerprint density at radius 2 is 1.48 bits per heavy atom. The van der Waals surface area contributed by atoms with E-state index in [9.17, 15) is 20.2 Å². The summed E-state index contributed by atoms with van der Waals surface area (Å²) >= 11 is 0. The molecule has 0 amide bonds. The predicted molar refractivity (Wildman–Crippen MR) is 80.8 cm³/mol. The molecule has 21 heavy (non-hydrogen) atoms. The lowest BCUT2D eigenvalue weighted by Crippen LogP contribution is -2.23. The van der Waals surface area contributed by atoms with E-state index >= 15 is 0 Å². The minimum atomic E-state index is -0.582. The van der Waals surface area contributed by atoms with Crippen molar-refractivity contribution < 1.29 is 9.85 Å². The smallest absolute Gasteiger partial charge is 0.300 e. The number of nitro groups is 2. The molecule has 0 saturated carbocycles. The van der Waals surface area contributed by atoms with E-state index in [1.54, 1.807) is 24.3 Å². The lowest BCUT2D eigenvalue weighted by molar-refractivity contribution is -0.392. The van der Waals surface area contributed by atoms with Crippen LogP contribution in [-0.4, -0.2) is 22.9 Å². The van der Waals surface area contributed by atoms with Gasteiger partial charge < -0.3 is 4.90 Å². The molecule has 2 aromatic carbocycles. The third kappa shape index (κ3) is 2.49. The van der Waals surface area contributed by atoms with E-state index in [0.29, 0.717) is 29.5 Å². The quantitative estimate of drug-likeness (QED) is 0.620. The van der Waals surface area contributed by atoms with Crippen molar-refractivity contribution in [3.8, 4) is 0 Å². The first kappa shape index (κ1) is 14.7. The summed E-state index contributed by atoms with van der Waals surface area (Å²) in [4.78, 5) is 23.2. The minimum Gasteiger partial charge on any atom is -0.366 e. The van der Waals surface area contributed by atoms with Gasteiger partial charge in [-0.2, -0.15) is 0 Å². The summed E-state index contributed by atoms with van der Waals surface area (Å²) in [6.45, 7) is 4.95. The maximum atomic E-state index is 11.3. The van der Waals surface area contributed by atoms with Gasteiger partial charge in [0, 0.05) is 18.5 Å².